The molecule has 0 radical (unpaired) electrons. The van der Waals surface area contributed by atoms with E-state index in [9.17, 15) is 5.11 Å². The van der Waals surface area contributed by atoms with Gasteiger partial charge in [0.2, 0.25) is 6.79 Å². The Morgan fingerprint density at radius 2 is 2.06 bits per heavy atom. The Morgan fingerprint density at radius 3 is 2.97 bits per heavy atom. The molecule has 2 aromatic heterocycles. The van der Waals surface area contributed by atoms with Crippen molar-refractivity contribution in [2.45, 2.75) is 51.2 Å². The molecule has 5 rings (SSSR count). The molecule has 0 bridgehead atoms. The maximum Gasteiger partial charge on any atom is 0.254 e. The highest BCUT2D eigenvalue weighted by atomic mass is 16.7. The summed E-state index contributed by atoms with van der Waals surface area (Å²) in [6, 6.07) is 11.8. The van der Waals surface area contributed by atoms with Crippen LogP contribution in [-0.4, -0.2) is 48.1 Å². The summed E-state index contributed by atoms with van der Waals surface area (Å²) in [5, 5.41) is 17.7. The van der Waals surface area contributed by atoms with E-state index in [1.165, 1.54) is 5.56 Å². The van der Waals surface area contributed by atoms with Crippen LogP contribution in [0, 0.1) is 0 Å². The highest BCUT2D eigenvalue weighted by molar-refractivity contribution is 5.47. The molecule has 0 saturated carbocycles. The van der Waals surface area contributed by atoms with E-state index in [2.05, 4.69) is 22.6 Å². The molecular formula is C26H31N3O6. The maximum absolute atomic E-state index is 10.3. The molecule has 186 valence electrons. The minimum atomic E-state index is -0.882. The van der Waals surface area contributed by atoms with Crippen LogP contribution < -0.4 is 19.5 Å². The fraction of sp³-hybridized carbons (Fsp3) is 0.462. The van der Waals surface area contributed by atoms with Crippen LogP contribution in [0.2, 0.25) is 0 Å². The Bertz CT molecular complexity index is 1130. The van der Waals surface area contributed by atoms with Crippen LogP contribution >= 0.6 is 0 Å². The number of benzene rings is 1. The highest BCUT2D eigenvalue weighted by Gasteiger charge is 2.23. The Labute approximate surface area is 204 Å². The number of aromatic nitrogens is 2. The third-order valence-electron chi connectivity index (χ3n) is 6.26. The van der Waals surface area contributed by atoms with Crippen molar-refractivity contribution in [3.8, 4) is 17.4 Å². The molecule has 2 unspecified atom stereocenters. The lowest BCUT2D eigenvalue weighted by atomic mass is 9.91. The summed E-state index contributed by atoms with van der Waals surface area (Å²) in [6.07, 6.45) is 2.94. The number of ether oxygens (including phenoxy) is 4. The van der Waals surface area contributed by atoms with Crippen molar-refractivity contribution < 1.29 is 28.6 Å². The second-order valence-electron chi connectivity index (χ2n) is 8.73. The predicted octanol–water partition coefficient (Wildman–Crippen LogP) is 3.85. The lowest BCUT2D eigenvalue weighted by Gasteiger charge is -2.20. The van der Waals surface area contributed by atoms with Gasteiger partial charge in [-0.1, -0.05) is 12.1 Å². The lowest BCUT2D eigenvalue weighted by Crippen LogP contribution is -2.17. The molecule has 0 saturated heterocycles. The summed E-state index contributed by atoms with van der Waals surface area (Å²) in [5.74, 6) is 3.44. The van der Waals surface area contributed by atoms with Gasteiger partial charge in [0, 0.05) is 44.2 Å². The monoisotopic (exact) mass is 481 g/mol. The molecule has 0 fully saturated rings. The van der Waals surface area contributed by atoms with E-state index in [4.69, 9.17) is 28.5 Å². The van der Waals surface area contributed by atoms with Gasteiger partial charge in [-0.3, -0.25) is 0 Å². The van der Waals surface area contributed by atoms with Crippen LogP contribution in [0.3, 0.4) is 0 Å². The van der Waals surface area contributed by atoms with Crippen LogP contribution in [0.4, 0.5) is 5.82 Å². The zero-order valence-electron chi connectivity index (χ0n) is 19.9. The second kappa shape index (κ2) is 11.0. The van der Waals surface area contributed by atoms with Gasteiger partial charge in [0.1, 0.15) is 11.6 Å². The predicted molar refractivity (Wildman–Crippen MR) is 128 cm³/mol. The van der Waals surface area contributed by atoms with E-state index in [0.29, 0.717) is 49.9 Å². The number of hydrogen-bond donors (Lipinski definition) is 2. The van der Waals surface area contributed by atoms with E-state index in [0.717, 1.165) is 42.2 Å². The first kappa shape index (κ1) is 23.4. The Hall–Kier alpha value is -3.30. The van der Waals surface area contributed by atoms with Crippen molar-refractivity contribution in [2.75, 3.05) is 31.9 Å². The van der Waals surface area contributed by atoms with Crippen LogP contribution in [0.1, 0.15) is 48.3 Å². The van der Waals surface area contributed by atoms with E-state index in [-0.39, 0.29) is 12.7 Å². The number of rotatable bonds is 11. The number of pyridine rings is 1. The third-order valence-corrected chi connectivity index (χ3v) is 6.26. The molecule has 0 aliphatic carbocycles. The number of nitrogens with zero attached hydrogens (tertiary/aromatic N) is 2. The second-order valence-corrected chi connectivity index (χ2v) is 8.73. The van der Waals surface area contributed by atoms with Gasteiger partial charge < -0.3 is 33.9 Å². The first-order valence-electron chi connectivity index (χ1n) is 12.2. The number of nitrogens with one attached hydrogen (secondary N) is 1. The molecule has 4 heterocycles. The van der Waals surface area contributed by atoms with E-state index in [1.807, 2.05) is 25.1 Å². The molecule has 35 heavy (non-hydrogen) atoms. The molecule has 2 atom stereocenters. The minimum Gasteiger partial charge on any atom is -0.475 e. The van der Waals surface area contributed by atoms with E-state index >= 15 is 0 Å². The average Bonchev–Trinajstić information content (AvgIpc) is 3.52. The van der Waals surface area contributed by atoms with Gasteiger partial charge in [-0.05, 0) is 60.2 Å². The standard InChI is InChI=1S/C26H31N3O6/c1-2-31-25(30)14-19(18-6-8-22-23(13-18)34-16-33-22)12-21-15-24(29-35-21)32-11-9-20-7-5-17-4-3-10-27-26(17)28-20/h5-8,13,15,19,25,30H,2-4,9-12,14,16H2,1H3,(H,27,28). The van der Waals surface area contributed by atoms with Crippen molar-refractivity contribution >= 4 is 5.82 Å². The molecule has 9 heteroatoms. The normalized spacial score (nSPS) is 15.8. The van der Waals surface area contributed by atoms with Crippen LogP contribution in [0.15, 0.2) is 40.9 Å². The zero-order chi connectivity index (χ0) is 24.0. The number of hydrogen-bond acceptors (Lipinski definition) is 9. The van der Waals surface area contributed by atoms with Gasteiger partial charge >= 0.3 is 0 Å². The molecule has 2 aliphatic heterocycles. The van der Waals surface area contributed by atoms with Crippen LogP contribution in [0.5, 0.6) is 17.4 Å². The van der Waals surface area contributed by atoms with Gasteiger partial charge in [0.05, 0.1) is 6.61 Å². The zero-order valence-corrected chi connectivity index (χ0v) is 19.9. The average molecular weight is 482 g/mol. The van der Waals surface area contributed by atoms with Gasteiger partial charge in [0.15, 0.2) is 17.8 Å². The summed E-state index contributed by atoms with van der Waals surface area (Å²) in [4.78, 5) is 4.70. The van der Waals surface area contributed by atoms with Crippen LogP contribution in [-0.2, 0) is 24.0 Å². The fourth-order valence-corrected chi connectivity index (χ4v) is 4.48. The topological polar surface area (TPSA) is 108 Å². The molecule has 1 aromatic carbocycles. The van der Waals surface area contributed by atoms with E-state index < -0.39 is 6.29 Å². The molecule has 0 spiro atoms. The SMILES string of the molecule is CCOC(O)CC(Cc1cc(OCCc2ccc3c(n2)NCCC3)no1)c1ccc2c(c1)OCO2. The molecule has 0 amide bonds. The van der Waals surface area contributed by atoms with Gasteiger partial charge in [-0.2, -0.15) is 0 Å². The summed E-state index contributed by atoms with van der Waals surface area (Å²) in [5.41, 5.74) is 3.25. The number of anilines is 1. The van der Waals surface area contributed by atoms with Crippen molar-refractivity contribution in [3.05, 3.63) is 59.0 Å². The van der Waals surface area contributed by atoms with Gasteiger partial charge in [-0.25, -0.2) is 4.98 Å². The minimum absolute atomic E-state index is 0.0703. The third kappa shape index (κ3) is 5.86. The molecule has 9 nitrogen and oxygen atoms in total. The Kier molecular flexibility index (Phi) is 7.34. The largest absolute Gasteiger partial charge is 0.475 e. The number of aliphatic hydroxyl groups is 1. The summed E-state index contributed by atoms with van der Waals surface area (Å²) < 4.78 is 27.7. The molecular weight excluding hydrogens is 450 g/mol. The first-order valence-corrected chi connectivity index (χ1v) is 12.2. The quantitative estimate of drug-likeness (QED) is 0.395. The molecule has 3 aromatic rings. The summed E-state index contributed by atoms with van der Waals surface area (Å²) in [6.45, 7) is 3.92. The van der Waals surface area contributed by atoms with Crippen LogP contribution in [0.25, 0.3) is 0 Å². The van der Waals surface area contributed by atoms with Crippen molar-refractivity contribution in [1.29, 1.82) is 0 Å². The van der Waals surface area contributed by atoms with Gasteiger partial charge in [0.25, 0.3) is 5.88 Å². The van der Waals surface area contributed by atoms with Crippen molar-refractivity contribution in [1.82, 2.24) is 10.1 Å². The number of aryl methyl sites for hydroxylation is 1. The van der Waals surface area contributed by atoms with Crippen molar-refractivity contribution in [3.63, 3.8) is 0 Å². The number of aliphatic hydroxyl groups excluding tert-OH is 1. The highest BCUT2D eigenvalue weighted by Crippen LogP contribution is 2.37. The molecule has 2 N–H and O–H groups in total. The smallest absolute Gasteiger partial charge is 0.254 e. The van der Waals surface area contributed by atoms with Crippen molar-refractivity contribution in [2.24, 2.45) is 0 Å². The summed E-state index contributed by atoms with van der Waals surface area (Å²) >= 11 is 0. The Morgan fingerprint density at radius 1 is 1.14 bits per heavy atom. The molecule has 2 aliphatic rings. The number of fused-ring (bicyclic) bond motifs is 2. The Balaban J connectivity index is 1.20. The summed E-state index contributed by atoms with van der Waals surface area (Å²) in [7, 11) is 0. The van der Waals surface area contributed by atoms with E-state index in [1.54, 1.807) is 6.07 Å². The van der Waals surface area contributed by atoms with Gasteiger partial charge in [-0.15, -0.1) is 0 Å². The first-order chi connectivity index (χ1) is 17.2. The fourth-order valence-electron chi connectivity index (χ4n) is 4.48. The maximum atomic E-state index is 10.3. The lowest BCUT2D eigenvalue weighted by molar-refractivity contribution is -0.102.